The summed E-state index contributed by atoms with van der Waals surface area (Å²) >= 11 is 0. The van der Waals surface area contributed by atoms with Gasteiger partial charge in [-0.15, -0.1) is 0 Å². The summed E-state index contributed by atoms with van der Waals surface area (Å²) in [5.41, 5.74) is 0. The lowest BCUT2D eigenvalue weighted by atomic mass is 10.1. The molecule has 2 heterocycles. The summed E-state index contributed by atoms with van der Waals surface area (Å²) in [5.74, 6) is 1.08. The minimum absolute atomic E-state index is 0.299. The Balaban J connectivity index is 1.74. The lowest BCUT2D eigenvalue weighted by molar-refractivity contribution is -0.135. The zero-order chi connectivity index (χ0) is 13.0. The quantitative estimate of drug-likeness (QED) is 0.759. The van der Waals surface area contributed by atoms with Crippen LogP contribution in [0.15, 0.2) is 0 Å². The van der Waals surface area contributed by atoms with Crippen LogP contribution in [0, 0.1) is 5.92 Å². The van der Waals surface area contributed by atoms with Gasteiger partial charge in [0.1, 0.15) is 0 Å². The second kappa shape index (κ2) is 6.53. The summed E-state index contributed by atoms with van der Waals surface area (Å²) in [6.07, 6.45) is 3.17. The van der Waals surface area contributed by atoms with E-state index in [1.165, 1.54) is 12.8 Å². The molecule has 1 amide bonds. The summed E-state index contributed by atoms with van der Waals surface area (Å²) < 4.78 is 5.27. The Kier molecular flexibility index (Phi) is 5.01. The van der Waals surface area contributed by atoms with E-state index < -0.39 is 0 Å². The first-order chi connectivity index (χ1) is 8.70. The van der Waals surface area contributed by atoms with Crippen molar-refractivity contribution in [1.82, 2.24) is 9.80 Å². The van der Waals surface area contributed by atoms with Crippen molar-refractivity contribution in [3.63, 3.8) is 0 Å². The molecule has 0 saturated carbocycles. The highest BCUT2D eigenvalue weighted by molar-refractivity contribution is 5.76. The first kappa shape index (κ1) is 13.8. The number of amides is 1. The molecule has 4 heteroatoms. The van der Waals surface area contributed by atoms with Crippen LogP contribution in [0.1, 0.15) is 33.1 Å². The number of hydrogen-bond donors (Lipinski definition) is 0. The SMILES string of the molecule is CC[C@H]1C[C@@H](C)CN1CCC(=O)N1CCOCC1. The Hall–Kier alpha value is -0.610. The minimum atomic E-state index is 0.299. The number of carbonyl (C=O) groups is 1. The van der Waals surface area contributed by atoms with Gasteiger partial charge < -0.3 is 9.64 Å². The van der Waals surface area contributed by atoms with Crippen molar-refractivity contribution in [2.24, 2.45) is 5.92 Å². The summed E-state index contributed by atoms with van der Waals surface area (Å²) in [5, 5.41) is 0. The lowest BCUT2D eigenvalue weighted by Crippen LogP contribution is -2.42. The molecular weight excluding hydrogens is 228 g/mol. The molecule has 0 bridgehead atoms. The predicted molar refractivity (Wildman–Crippen MR) is 71.4 cm³/mol. The maximum Gasteiger partial charge on any atom is 0.224 e. The van der Waals surface area contributed by atoms with Crippen LogP contribution in [0.2, 0.25) is 0 Å². The smallest absolute Gasteiger partial charge is 0.224 e. The maximum absolute atomic E-state index is 12.1. The van der Waals surface area contributed by atoms with Crippen molar-refractivity contribution < 1.29 is 9.53 Å². The third-order valence-corrected chi connectivity index (χ3v) is 4.18. The second-order valence-electron chi connectivity index (χ2n) is 5.64. The molecule has 2 rings (SSSR count). The Bertz CT molecular complexity index is 277. The van der Waals surface area contributed by atoms with Crippen molar-refractivity contribution >= 4 is 5.91 Å². The molecule has 2 saturated heterocycles. The molecule has 4 nitrogen and oxygen atoms in total. The molecule has 0 aliphatic carbocycles. The van der Waals surface area contributed by atoms with E-state index >= 15 is 0 Å². The topological polar surface area (TPSA) is 32.8 Å². The average Bonchev–Trinajstić information content (AvgIpc) is 2.77. The normalized spacial score (nSPS) is 29.8. The van der Waals surface area contributed by atoms with Crippen molar-refractivity contribution in [1.29, 1.82) is 0 Å². The third kappa shape index (κ3) is 3.45. The summed E-state index contributed by atoms with van der Waals surface area (Å²) in [7, 11) is 0. The molecule has 0 N–H and O–H groups in total. The van der Waals surface area contributed by atoms with Gasteiger partial charge >= 0.3 is 0 Å². The van der Waals surface area contributed by atoms with Crippen molar-refractivity contribution in [3.8, 4) is 0 Å². The molecule has 104 valence electrons. The Morgan fingerprint density at radius 2 is 2.06 bits per heavy atom. The molecule has 18 heavy (non-hydrogen) atoms. The van der Waals surface area contributed by atoms with E-state index in [0.717, 1.165) is 32.1 Å². The number of carbonyl (C=O) groups excluding carboxylic acids is 1. The van der Waals surface area contributed by atoms with Gasteiger partial charge in [0, 0.05) is 38.6 Å². The first-order valence-corrected chi connectivity index (χ1v) is 7.30. The van der Waals surface area contributed by atoms with E-state index in [1.54, 1.807) is 0 Å². The lowest BCUT2D eigenvalue weighted by Gasteiger charge is -2.28. The van der Waals surface area contributed by atoms with E-state index in [4.69, 9.17) is 4.74 Å². The summed E-state index contributed by atoms with van der Waals surface area (Å²) in [6.45, 7) is 9.59. The molecular formula is C14H26N2O2. The Morgan fingerprint density at radius 1 is 1.33 bits per heavy atom. The van der Waals surface area contributed by atoms with Crippen molar-refractivity contribution in [2.75, 3.05) is 39.4 Å². The van der Waals surface area contributed by atoms with Crippen LogP contribution >= 0.6 is 0 Å². The van der Waals surface area contributed by atoms with Gasteiger partial charge in [-0.2, -0.15) is 0 Å². The van der Waals surface area contributed by atoms with Crippen LogP contribution in [0.25, 0.3) is 0 Å². The third-order valence-electron chi connectivity index (χ3n) is 4.18. The maximum atomic E-state index is 12.1. The van der Waals surface area contributed by atoms with Gasteiger partial charge in [-0.05, 0) is 18.8 Å². The average molecular weight is 254 g/mol. The molecule has 2 aliphatic rings. The van der Waals surface area contributed by atoms with Crippen LogP contribution in [0.3, 0.4) is 0 Å². The molecule has 0 aromatic rings. The Labute approximate surface area is 110 Å². The van der Waals surface area contributed by atoms with E-state index in [0.29, 0.717) is 31.6 Å². The fourth-order valence-corrected chi connectivity index (χ4v) is 3.15. The molecule has 2 atom stereocenters. The molecule has 0 aromatic carbocycles. The van der Waals surface area contributed by atoms with Gasteiger partial charge in [-0.25, -0.2) is 0 Å². The number of hydrogen-bond acceptors (Lipinski definition) is 3. The van der Waals surface area contributed by atoms with Crippen LogP contribution in [-0.2, 0) is 9.53 Å². The van der Waals surface area contributed by atoms with Crippen LogP contribution in [0.4, 0.5) is 0 Å². The Morgan fingerprint density at radius 3 is 2.72 bits per heavy atom. The summed E-state index contributed by atoms with van der Waals surface area (Å²) in [6, 6.07) is 0.692. The van der Waals surface area contributed by atoms with Crippen molar-refractivity contribution in [2.45, 2.75) is 39.2 Å². The second-order valence-corrected chi connectivity index (χ2v) is 5.64. The summed E-state index contributed by atoms with van der Waals surface area (Å²) in [4.78, 5) is 16.5. The number of ether oxygens (including phenoxy) is 1. The standard InChI is InChI=1S/C14H26N2O2/c1-3-13-10-12(2)11-16(13)5-4-14(17)15-6-8-18-9-7-15/h12-13H,3-11H2,1-2H3/t12-,13+/m1/s1. The monoisotopic (exact) mass is 254 g/mol. The van der Waals surface area contributed by atoms with Gasteiger partial charge in [0.2, 0.25) is 5.91 Å². The number of rotatable bonds is 4. The highest BCUT2D eigenvalue weighted by atomic mass is 16.5. The zero-order valence-electron chi connectivity index (χ0n) is 11.7. The number of morpholine rings is 1. The van der Waals surface area contributed by atoms with E-state index in [9.17, 15) is 4.79 Å². The van der Waals surface area contributed by atoms with Crippen LogP contribution in [0.5, 0.6) is 0 Å². The first-order valence-electron chi connectivity index (χ1n) is 7.30. The largest absolute Gasteiger partial charge is 0.378 e. The minimum Gasteiger partial charge on any atom is -0.378 e. The van der Waals surface area contributed by atoms with Crippen LogP contribution in [-0.4, -0.2) is 61.1 Å². The molecule has 0 unspecified atom stereocenters. The zero-order valence-corrected chi connectivity index (χ0v) is 11.7. The molecule has 2 aliphatic heterocycles. The van der Waals surface area contributed by atoms with Crippen molar-refractivity contribution in [3.05, 3.63) is 0 Å². The molecule has 0 radical (unpaired) electrons. The fraction of sp³-hybridized carbons (Fsp3) is 0.929. The van der Waals surface area contributed by atoms with E-state index in [-0.39, 0.29) is 0 Å². The fourth-order valence-electron chi connectivity index (χ4n) is 3.15. The van der Waals surface area contributed by atoms with Gasteiger partial charge in [0.15, 0.2) is 0 Å². The molecule has 0 spiro atoms. The van der Waals surface area contributed by atoms with Gasteiger partial charge in [0.25, 0.3) is 0 Å². The van der Waals surface area contributed by atoms with E-state index in [1.807, 2.05) is 4.90 Å². The number of likely N-dealkylation sites (tertiary alicyclic amines) is 1. The van der Waals surface area contributed by atoms with Gasteiger partial charge in [-0.1, -0.05) is 13.8 Å². The highest BCUT2D eigenvalue weighted by Crippen LogP contribution is 2.24. The number of nitrogens with zero attached hydrogens (tertiary/aromatic N) is 2. The predicted octanol–water partition coefficient (Wildman–Crippen LogP) is 1.36. The van der Waals surface area contributed by atoms with Crippen LogP contribution < -0.4 is 0 Å². The van der Waals surface area contributed by atoms with Gasteiger partial charge in [-0.3, -0.25) is 9.69 Å². The molecule has 0 aromatic heterocycles. The molecule has 2 fully saturated rings. The van der Waals surface area contributed by atoms with E-state index in [2.05, 4.69) is 18.7 Å². The highest BCUT2D eigenvalue weighted by Gasteiger charge is 2.28. The van der Waals surface area contributed by atoms with Gasteiger partial charge in [0.05, 0.1) is 13.2 Å².